The minimum atomic E-state index is -0.122. The highest BCUT2D eigenvalue weighted by Gasteiger charge is 2.23. The van der Waals surface area contributed by atoms with E-state index < -0.39 is 0 Å². The van der Waals surface area contributed by atoms with Gasteiger partial charge in [0.15, 0.2) is 0 Å². The Labute approximate surface area is 164 Å². The number of benzene rings is 1. The van der Waals surface area contributed by atoms with Gasteiger partial charge in [0.2, 0.25) is 11.9 Å². The van der Waals surface area contributed by atoms with Crippen LogP contribution >= 0.6 is 0 Å². The first-order valence-corrected chi connectivity index (χ1v) is 9.45. The molecule has 1 aromatic carbocycles. The largest absolute Gasteiger partial charge is 0.354 e. The quantitative estimate of drug-likeness (QED) is 0.807. The first kappa shape index (κ1) is 19.7. The van der Waals surface area contributed by atoms with E-state index in [4.69, 9.17) is 0 Å². The molecule has 0 spiro atoms. The van der Waals surface area contributed by atoms with Crippen LogP contribution in [-0.2, 0) is 18.3 Å². The summed E-state index contributed by atoms with van der Waals surface area (Å²) in [5.41, 5.74) is 1.63. The van der Waals surface area contributed by atoms with E-state index in [1.165, 1.54) is 0 Å². The molecule has 3 amide bonds. The summed E-state index contributed by atoms with van der Waals surface area (Å²) in [6.45, 7) is 6.53. The summed E-state index contributed by atoms with van der Waals surface area (Å²) in [5, 5.41) is 13.8. The smallest absolute Gasteiger partial charge is 0.321 e. The zero-order chi connectivity index (χ0) is 20.1. The van der Waals surface area contributed by atoms with Crippen LogP contribution in [0.1, 0.15) is 19.4 Å². The van der Waals surface area contributed by atoms with E-state index in [1.807, 2.05) is 49.7 Å². The summed E-state index contributed by atoms with van der Waals surface area (Å²) in [7, 11) is 1.91. The molecule has 2 N–H and O–H groups in total. The number of carbonyl (C=O) groups is 2. The molecule has 0 saturated carbocycles. The first-order valence-electron chi connectivity index (χ1n) is 9.45. The van der Waals surface area contributed by atoms with Crippen LogP contribution in [-0.4, -0.2) is 63.8 Å². The van der Waals surface area contributed by atoms with E-state index in [0.29, 0.717) is 38.3 Å². The average molecular weight is 385 g/mol. The highest BCUT2D eigenvalue weighted by Crippen LogP contribution is 2.14. The molecule has 2 heterocycles. The van der Waals surface area contributed by atoms with Gasteiger partial charge < -0.3 is 25.0 Å². The molecular formula is C19H27N7O2. The molecule has 9 nitrogen and oxygen atoms in total. The molecule has 0 unspecified atom stereocenters. The van der Waals surface area contributed by atoms with Gasteiger partial charge in [0, 0.05) is 45.0 Å². The highest BCUT2D eigenvalue weighted by molar-refractivity contribution is 5.89. The van der Waals surface area contributed by atoms with Crippen molar-refractivity contribution in [2.45, 2.75) is 26.3 Å². The van der Waals surface area contributed by atoms with Crippen LogP contribution in [0.3, 0.4) is 0 Å². The van der Waals surface area contributed by atoms with Crippen molar-refractivity contribution in [1.82, 2.24) is 25.0 Å². The number of hydrogen-bond acceptors (Lipinski definition) is 5. The monoisotopic (exact) mass is 385 g/mol. The fourth-order valence-electron chi connectivity index (χ4n) is 3.14. The Balaban J connectivity index is 1.48. The molecule has 1 aromatic heterocycles. The molecule has 9 heteroatoms. The number of anilines is 2. The Morgan fingerprint density at radius 2 is 1.79 bits per heavy atom. The molecule has 28 heavy (non-hydrogen) atoms. The molecule has 3 rings (SSSR count). The maximum absolute atomic E-state index is 12.5. The summed E-state index contributed by atoms with van der Waals surface area (Å²) in [4.78, 5) is 28.2. The van der Waals surface area contributed by atoms with Crippen LogP contribution in [0.25, 0.3) is 0 Å². The summed E-state index contributed by atoms with van der Waals surface area (Å²) >= 11 is 0. The lowest BCUT2D eigenvalue weighted by molar-refractivity contribution is -0.120. The van der Waals surface area contributed by atoms with E-state index in [1.54, 1.807) is 11.2 Å². The number of piperazine rings is 1. The third-order valence-electron chi connectivity index (χ3n) is 4.56. The van der Waals surface area contributed by atoms with E-state index >= 15 is 0 Å². The summed E-state index contributed by atoms with van der Waals surface area (Å²) in [6, 6.07) is 7.38. The molecule has 0 atom stereocenters. The van der Waals surface area contributed by atoms with Gasteiger partial charge in [0.05, 0.1) is 6.42 Å². The zero-order valence-electron chi connectivity index (χ0n) is 16.6. The fraction of sp³-hybridized carbons (Fsp3) is 0.474. The molecule has 150 valence electrons. The van der Waals surface area contributed by atoms with Crippen LogP contribution < -0.4 is 15.5 Å². The van der Waals surface area contributed by atoms with E-state index in [0.717, 1.165) is 11.5 Å². The SMILES string of the molecule is CC(C)NC(=O)Cc1ccc(NC(=O)N2CCN(c3nncn3C)CC2)cc1. The number of nitrogens with zero attached hydrogens (tertiary/aromatic N) is 5. The van der Waals surface area contributed by atoms with Crippen molar-refractivity contribution < 1.29 is 9.59 Å². The summed E-state index contributed by atoms with van der Waals surface area (Å²) in [6.07, 6.45) is 2.00. The maximum atomic E-state index is 12.5. The molecule has 0 aliphatic carbocycles. The standard InChI is InChI=1S/C19H27N7O2/c1-14(2)21-17(27)12-15-4-6-16(7-5-15)22-19(28)26-10-8-25(9-11-26)18-23-20-13-24(18)3/h4-7,13-14H,8-12H2,1-3H3,(H,21,27)(H,22,28). The fourth-order valence-corrected chi connectivity index (χ4v) is 3.14. The van der Waals surface area contributed by atoms with Gasteiger partial charge in [0.1, 0.15) is 6.33 Å². The van der Waals surface area contributed by atoms with Gasteiger partial charge in [-0.3, -0.25) is 4.79 Å². The van der Waals surface area contributed by atoms with Gasteiger partial charge in [-0.25, -0.2) is 4.79 Å². The molecule has 0 bridgehead atoms. The van der Waals surface area contributed by atoms with Crippen LogP contribution in [0.2, 0.25) is 0 Å². The molecular weight excluding hydrogens is 358 g/mol. The van der Waals surface area contributed by atoms with Crippen molar-refractivity contribution in [3.05, 3.63) is 36.2 Å². The second-order valence-electron chi connectivity index (χ2n) is 7.24. The highest BCUT2D eigenvalue weighted by atomic mass is 16.2. The van der Waals surface area contributed by atoms with Gasteiger partial charge in [-0.2, -0.15) is 0 Å². The lowest BCUT2D eigenvalue weighted by Crippen LogP contribution is -2.50. The van der Waals surface area contributed by atoms with Crippen molar-refractivity contribution in [2.75, 3.05) is 36.4 Å². The predicted octanol–water partition coefficient (Wildman–Crippen LogP) is 1.24. The van der Waals surface area contributed by atoms with Crippen LogP contribution in [0.4, 0.5) is 16.4 Å². The van der Waals surface area contributed by atoms with E-state index in [-0.39, 0.29) is 18.0 Å². The second-order valence-corrected chi connectivity index (χ2v) is 7.24. The number of carbonyl (C=O) groups excluding carboxylic acids is 2. The average Bonchev–Trinajstić information content (AvgIpc) is 3.08. The molecule has 2 aromatic rings. The lowest BCUT2D eigenvalue weighted by Gasteiger charge is -2.34. The molecule has 1 aliphatic heterocycles. The molecule has 0 radical (unpaired) electrons. The number of rotatable bonds is 5. The number of nitrogens with one attached hydrogen (secondary N) is 2. The van der Waals surface area contributed by atoms with E-state index in [9.17, 15) is 9.59 Å². The number of aryl methyl sites for hydroxylation is 1. The normalized spacial score (nSPS) is 14.3. The minimum Gasteiger partial charge on any atom is -0.354 e. The Hall–Kier alpha value is -3.10. The van der Waals surface area contributed by atoms with Crippen molar-refractivity contribution in [2.24, 2.45) is 7.05 Å². The lowest BCUT2D eigenvalue weighted by atomic mass is 10.1. The zero-order valence-corrected chi connectivity index (χ0v) is 16.6. The van der Waals surface area contributed by atoms with Gasteiger partial charge in [0.25, 0.3) is 0 Å². The van der Waals surface area contributed by atoms with Crippen molar-refractivity contribution in [3.8, 4) is 0 Å². The van der Waals surface area contributed by atoms with E-state index in [2.05, 4.69) is 25.7 Å². The molecule has 1 fully saturated rings. The first-order chi connectivity index (χ1) is 13.4. The van der Waals surface area contributed by atoms with Crippen LogP contribution in [0.15, 0.2) is 30.6 Å². The maximum Gasteiger partial charge on any atom is 0.321 e. The second kappa shape index (κ2) is 8.73. The van der Waals surface area contributed by atoms with Crippen molar-refractivity contribution >= 4 is 23.6 Å². The Kier molecular flexibility index (Phi) is 6.13. The van der Waals surface area contributed by atoms with Crippen molar-refractivity contribution in [1.29, 1.82) is 0 Å². The third kappa shape index (κ3) is 4.99. The molecule has 1 saturated heterocycles. The summed E-state index contributed by atoms with van der Waals surface area (Å²) < 4.78 is 1.87. The number of aromatic nitrogens is 3. The Morgan fingerprint density at radius 1 is 1.11 bits per heavy atom. The minimum absolute atomic E-state index is 0.00688. The predicted molar refractivity (Wildman–Crippen MR) is 107 cm³/mol. The Morgan fingerprint density at radius 3 is 2.36 bits per heavy atom. The Bertz CT molecular complexity index is 808. The van der Waals surface area contributed by atoms with Gasteiger partial charge in [-0.05, 0) is 31.5 Å². The summed E-state index contributed by atoms with van der Waals surface area (Å²) in [5.74, 6) is 0.810. The van der Waals surface area contributed by atoms with Crippen LogP contribution in [0, 0.1) is 0 Å². The van der Waals surface area contributed by atoms with Gasteiger partial charge in [-0.15, -0.1) is 10.2 Å². The van der Waals surface area contributed by atoms with Gasteiger partial charge in [-0.1, -0.05) is 12.1 Å². The topological polar surface area (TPSA) is 95.4 Å². The number of urea groups is 1. The molecule has 1 aliphatic rings. The number of hydrogen-bond donors (Lipinski definition) is 2. The van der Waals surface area contributed by atoms with Crippen molar-refractivity contribution in [3.63, 3.8) is 0 Å². The van der Waals surface area contributed by atoms with Gasteiger partial charge >= 0.3 is 6.03 Å². The third-order valence-corrected chi connectivity index (χ3v) is 4.56. The number of amides is 3. The van der Waals surface area contributed by atoms with Crippen LogP contribution in [0.5, 0.6) is 0 Å².